The van der Waals surface area contributed by atoms with Gasteiger partial charge in [-0.3, -0.25) is 0 Å². The minimum Gasteiger partial charge on any atom is -0.493 e. The van der Waals surface area contributed by atoms with E-state index in [9.17, 15) is 0 Å². The number of fused-ring (bicyclic) bond motifs is 6. The largest absolute Gasteiger partial charge is 0.493 e. The van der Waals surface area contributed by atoms with Crippen molar-refractivity contribution in [2.45, 2.75) is 12.8 Å². The molecule has 170 valence electrons. The molecular weight excluding hydrogens is 418 g/mol. The van der Waals surface area contributed by atoms with Crippen molar-refractivity contribution in [2.75, 3.05) is 52.5 Å². The molecule has 1 saturated heterocycles. The third-order valence-electron chi connectivity index (χ3n) is 6.70. The average molecular weight is 446 g/mol. The second-order valence-corrected chi connectivity index (χ2v) is 8.58. The van der Waals surface area contributed by atoms with E-state index < -0.39 is 0 Å². The number of nitrogens with zero attached hydrogens (tertiary/aromatic N) is 2. The van der Waals surface area contributed by atoms with Gasteiger partial charge in [0, 0.05) is 29.2 Å². The van der Waals surface area contributed by atoms with E-state index in [1.165, 1.54) is 25.9 Å². The maximum atomic E-state index is 5.65. The zero-order valence-corrected chi connectivity index (χ0v) is 18.9. The molecule has 0 spiro atoms. The second kappa shape index (κ2) is 8.15. The van der Waals surface area contributed by atoms with Crippen LogP contribution < -0.4 is 24.3 Å². The van der Waals surface area contributed by atoms with Crippen molar-refractivity contribution in [1.29, 1.82) is 0 Å². The summed E-state index contributed by atoms with van der Waals surface area (Å²) in [5.41, 5.74) is 0.925. The predicted octanol–water partition coefficient (Wildman–Crippen LogP) is 4.79. The maximum absolute atomic E-state index is 5.65. The molecule has 0 bridgehead atoms. The van der Waals surface area contributed by atoms with E-state index >= 15 is 0 Å². The van der Waals surface area contributed by atoms with Crippen LogP contribution in [-0.2, 0) is 0 Å². The Morgan fingerprint density at radius 3 is 2.36 bits per heavy atom. The number of ether oxygens (including phenoxy) is 4. The Morgan fingerprint density at radius 1 is 0.879 bits per heavy atom. The van der Waals surface area contributed by atoms with Crippen molar-refractivity contribution in [2.24, 2.45) is 0 Å². The zero-order valence-electron chi connectivity index (χ0n) is 18.9. The Bertz CT molecular complexity index is 1370. The van der Waals surface area contributed by atoms with Gasteiger partial charge in [0.15, 0.2) is 23.0 Å². The molecule has 2 aliphatic heterocycles. The molecule has 7 heteroatoms. The van der Waals surface area contributed by atoms with Crippen LogP contribution in [0.3, 0.4) is 0 Å². The SMILES string of the molecule is COc1cc2c(NCCN3CCCC3)nc3c4cc5c(cc4ccc3c2cc1OC)OCO5. The molecule has 1 fully saturated rings. The van der Waals surface area contributed by atoms with Crippen molar-refractivity contribution < 1.29 is 18.9 Å². The van der Waals surface area contributed by atoms with Gasteiger partial charge in [0.05, 0.1) is 19.7 Å². The summed E-state index contributed by atoms with van der Waals surface area (Å²) in [5, 5.41) is 8.86. The number of hydrogen-bond donors (Lipinski definition) is 1. The standard InChI is InChI=1S/C26H27N3O4/c1-30-21-13-19-17-6-5-16-11-23-24(33-15-32-23)12-18(16)25(17)28-26(20(19)14-22(21)31-2)27-7-10-29-8-3-4-9-29/h5-6,11-14H,3-4,7-10,15H2,1-2H3,(H,27,28). The Balaban J connectivity index is 1.54. The Kier molecular flexibility index (Phi) is 4.99. The van der Waals surface area contributed by atoms with Gasteiger partial charge in [0.1, 0.15) is 5.82 Å². The highest BCUT2D eigenvalue weighted by Gasteiger charge is 2.19. The van der Waals surface area contributed by atoms with Gasteiger partial charge >= 0.3 is 0 Å². The van der Waals surface area contributed by atoms with E-state index in [0.717, 1.165) is 62.9 Å². The topological polar surface area (TPSA) is 65.1 Å². The fourth-order valence-corrected chi connectivity index (χ4v) is 4.98. The van der Waals surface area contributed by atoms with Gasteiger partial charge in [0.25, 0.3) is 0 Å². The molecule has 1 aromatic heterocycles. The van der Waals surface area contributed by atoms with E-state index in [1.54, 1.807) is 14.2 Å². The van der Waals surface area contributed by atoms with Crippen LogP contribution in [0, 0.1) is 0 Å². The van der Waals surface area contributed by atoms with Gasteiger partial charge in [-0.25, -0.2) is 4.98 Å². The van der Waals surface area contributed by atoms with E-state index in [2.05, 4.69) is 22.3 Å². The summed E-state index contributed by atoms with van der Waals surface area (Å²) >= 11 is 0. The fraction of sp³-hybridized carbons (Fsp3) is 0.346. The Labute approximate surface area is 192 Å². The first kappa shape index (κ1) is 20.2. The lowest BCUT2D eigenvalue weighted by Crippen LogP contribution is -2.26. The normalized spacial score (nSPS) is 15.6. The molecule has 2 aliphatic rings. The molecule has 4 aromatic rings. The predicted molar refractivity (Wildman–Crippen MR) is 130 cm³/mol. The number of rotatable bonds is 6. The van der Waals surface area contributed by atoms with Crippen molar-refractivity contribution in [1.82, 2.24) is 9.88 Å². The smallest absolute Gasteiger partial charge is 0.231 e. The summed E-state index contributed by atoms with van der Waals surface area (Å²) in [6.07, 6.45) is 2.58. The van der Waals surface area contributed by atoms with E-state index in [4.69, 9.17) is 23.9 Å². The van der Waals surface area contributed by atoms with Gasteiger partial charge in [-0.15, -0.1) is 0 Å². The molecule has 3 aromatic carbocycles. The summed E-state index contributed by atoms with van der Waals surface area (Å²) in [7, 11) is 3.33. The van der Waals surface area contributed by atoms with Crippen molar-refractivity contribution in [3.05, 3.63) is 36.4 Å². The molecule has 0 aliphatic carbocycles. The van der Waals surface area contributed by atoms with Crippen LogP contribution in [0.5, 0.6) is 23.0 Å². The second-order valence-electron chi connectivity index (χ2n) is 8.58. The van der Waals surface area contributed by atoms with Crippen LogP contribution in [0.15, 0.2) is 36.4 Å². The molecule has 0 amide bonds. The summed E-state index contributed by atoms with van der Waals surface area (Å²) < 4.78 is 22.5. The van der Waals surface area contributed by atoms with Crippen LogP contribution in [0.1, 0.15) is 12.8 Å². The van der Waals surface area contributed by atoms with Gasteiger partial charge in [-0.2, -0.15) is 0 Å². The summed E-state index contributed by atoms with van der Waals surface area (Å²) in [6, 6.07) is 12.4. The first-order chi connectivity index (χ1) is 16.2. The van der Waals surface area contributed by atoms with Crippen LogP contribution in [0.25, 0.3) is 32.4 Å². The van der Waals surface area contributed by atoms with Crippen LogP contribution in [-0.4, -0.2) is 57.1 Å². The third-order valence-corrected chi connectivity index (χ3v) is 6.70. The van der Waals surface area contributed by atoms with Crippen molar-refractivity contribution in [3.63, 3.8) is 0 Å². The summed E-state index contributed by atoms with van der Waals surface area (Å²) in [4.78, 5) is 7.63. The van der Waals surface area contributed by atoms with E-state index in [0.29, 0.717) is 11.5 Å². The number of pyridine rings is 1. The molecule has 3 heterocycles. The van der Waals surface area contributed by atoms with Gasteiger partial charge < -0.3 is 29.2 Å². The monoisotopic (exact) mass is 445 g/mol. The van der Waals surface area contributed by atoms with Crippen molar-refractivity contribution >= 4 is 38.3 Å². The van der Waals surface area contributed by atoms with Crippen molar-refractivity contribution in [3.8, 4) is 23.0 Å². The van der Waals surface area contributed by atoms with Crippen LogP contribution in [0.2, 0.25) is 0 Å². The van der Waals surface area contributed by atoms with Gasteiger partial charge in [-0.1, -0.05) is 12.1 Å². The Morgan fingerprint density at radius 2 is 1.61 bits per heavy atom. The van der Waals surface area contributed by atoms with E-state index in [1.807, 2.05) is 24.3 Å². The lowest BCUT2D eigenvalue weighted by Gasteiger charge is -2.18. The first-order valence-electron chi connectivity index (χ1n) is 11.4. The van der Waals surface area contributed by atoms with E-state index in [-0.39, 0.29) is 6.79 Å². The molecule has 7 nitrogen and oxygen atoms in total. The molecule has 33 heavy (non-hydrogen) atoms. The maximum Gasteiger partial charge on any atom is 0.231 e. The summed E-state index contributed by atoms with van der Waals surface area (Å²) in [5.74, 6) is 3.78. The minimum absolute atomic E-state index is 0.250. The highest BCUT2D eigenvalue weighted by Crippen LogP contribution is 2.42. The molecule has 0 radical (unpaired) electrons. The number of benzene rings is 3. The molecule has 0 saturated carbocycles. The molecule has 0 unspecified atom stereocenters. The zero-order chi connectivity index (χ0) is 22.4. The van der Waals surface area contributed by atoms with Crippen LogP contribution in [0.4, 0.5) is 5.82 Å². The first-order valence-corrected chi connectivity index (χ1v) is 11.4. The van der Waals surface area contributed by atoms with Gasteiger partial charge in [0.2, 0.25) is 6.79 Å². The molecular formula is C26H27N3O4. The third kappa shape index (κ3) is 3.43. The lowest BCUT2D eigenvalue weighted by molar-refractivity contribution is 0.174. The quantitative estimate of drug-likeness (QED) is 0.428. The number of hydrogen-bond acceptors (Lipinski definition) is 7. The molecule has 6 rings (SSSR count). The number of aromatic nitrogens is 1. The number of nitrogens with one attached hydrogen (secondary N) is 1. The number of methoxy groups -OCH3 is 2. The molecule has 1 N–H and O–H groups in total. The lowest BCUT2D eigenvalue weighted by atomic mass is 10.00. The number of likely N-dealkylation sites (tertiary alicyclic amines) is 1. The number of anilines is 1. The van der Waals surface area contributed by atoms with Crippen LogP contribution >= 0.6 is 0 Å². The fourth-order valence-electron chi connectivity index (χ4n) is 4.98. The molecule has 0 atom stereocenters. The average Bonchev–Trinajstić information content (AvgIpc) is 3.53. The van der Waals surface area contributed by atoms with Gasteiger partial charge in [-0.05, 0) is 61.0 Å². The minimum atomic E-state index is 0.250. The highest BCUT2D eigenvalue weighted by atomic mass is 16.7. The highest BCUT2D eigenvalue weighted by molar-refractivity contribution is 6.18. The summed E-state index contributed by atoms with van der Waals surface area (Å²) in [6.45, 7) is 4.44. The Hall–Kier alpha value is -3.45.